The maximum absolute atomic E-state index is 5.97. The minimum atomic E-state index is 0. The largest absolute Gasteiger partial charge is 0.493 e. The lowest BCUT2D eigenvalue weighted by Gasteiger charge is -2.26. The van der Waals surface area contributed by atoms with E-state index in [1.807, 2.05) is 12.1 Å². The van der Waals surface area contributed by atoms with Gasteiger partial charge in [0, 0.05) is 45.3 Å². The number of aliphatic imine (C=N–C) groups is 1. The van der Waals surface area contributed by atoms with Crippen molar-refractivity contribution in [3.8, 4) is 5.75 Å². The Bertz CT molecular complexity index is 560. The van der Waals surface area contributed by atoms with Crippen molar-refractivity contribution in [2.75, 3.05) is 53.0 Å². The van der Waals surface area contributed by atoms with Crippen LogP contribution in [-0.4, -0.2) is 63.9 Å². The van der Waals surface area contributed by atoms with Crippen molar-refractivity contribution < 1.29 is 9.47 Å². The Labute approximate surface area is 173 Å². The summed E-state index contributed by atoms with van der Waals surface area (Å²) >= 11 is 0. The Balaban J connectivity index is 0.00000243. The molecule has 2 aliphatic rings. The SMILES string of the molecule is CN=C(NCCN1CCOCC1)NCc1ccccc1OCC1CC1.I. The van der Waals surface area contributed by atoms with Crippen LogP contribution in [0.15, 0.2) is 29.3 Å². The molecule has 0 unspecified atom stereocenters. The predicted octanol–water partition coefficient (Wildman–Crippen LogP) is 2.09. The summed E-state index contributed by atoms with van der Waals surface area (Å²) in [4.78, 5) is 6.72. The molecule has 0 bridgehead atoms. The average Bonchev–Trinajstić information content (AvgIpc) is 3.49. The Kier molecular flexibility index (Phi) is 9.49. The molecule has 146 valence electrons. The molecular weight excluding hydrogens is 443 g/mol. The lowest BCUT2D eigenvalue weighted by molar-refractivity contribution is 0.0389. The van der Waals surface area contributed by atoms with Gasteiger partial charge in [-0.1, -0.05) is 18.2 Å². The number of morpholine rings is 1. The van der Waals surface area contributed by atoms with E-state index >= 15 is 0 Å². The molecule has 1 saturated carbocycles. The summed E-state index contributed by atoms with van der Waals surface area (Å²) in [5.74, 6) is 2.56. The number of nitrogens with one attached hydrogen (secondary N) is 2. The second-order valence-electron chi connectivity index (χ2n) is 6.67. The predicted molar refractivity (Wildman–Crippen MR) is 116 cm³/mol. The summed E-state index contributed by atoms with van der Waals surface area (Å²) in [7, 11) is 1.81. The first kappa shape index (κ1) is 21.2. The number of rotatable bonds is 8. The number of halogens is 1. The zero-order chi connectivity index (χ0) is 17.3. The quantitative estimate of drug-likeness (QED) is 0.344. The van der Waals surface area contributed by atoms with Gasteiger partial charge < -0.3 is 20.1 Å². The highest BCUT2D eigenvalue weighted by Crippen LogP contribution is 2.30. The molecule has 0 aromatic heterocycles. The van der Waals surface area contributed by atoms with Crippen LogP contribution in [0.1, 0.15) is 18.4 Å². The highest BCUT2D eigenvalue weighted by atomic mass is 127. The minimum absolute atomic E-state index is 0. The van der Waals surface area contributed by atoms with Gasteiger partial charge in [-0.2, -0.15) is 0 Å². The van der Waals surface area contributed by atoms with Crippen molar-refractivity contribution in [2.45, 2.75) is 19.4 Å². The molecule has 6 nitrogen and oxygen atoms in total. The first-order chi connectivity index (χ1) is 12.3. The molecule has 0 atom stereocenters. The molecule has 1 aliphatic heterocycles. The third-order valence-electron chi connectivity index (χ3n) is 4.64. The van der Waals surface area contributed by atoms with Crippen LogP contribution in [0.5, 0.6) is 5.75 Å². The van der Waals surface area contributed by atoms with Gasteiger partial charge in [-0.15, -0.1) is 24.0 Å². The van der Waals surface area contributed by atoms with Gasteiger partial charge in [-0.25, -0.2) is 0 Å². The van der Waals surface area contributed by atoms with Gasteiger partial charge in [0.1, 0.15) is 5.75 Å². The van der Waals surface area contributed by atoms with Crippen LogP contribution in [0.3, 0.4) is 0 Å². The van der Waals surface area contributed by atoms with Crippen LogP contribution in [0.4, 0.5) is 0 Å². The van der Waals surface area contributed by atoms with Crippen molar-refractivity contribution in [3.05, 3.63) is 29.8 Å². The molecule has 1 aliphatic carbocycles. The van der Waals surface area contributed by atoms with Gasteiger partial charge in [0.25, 0.3) is 0 Å². The summed E-state index contributed by atoms with van der Waals surface area (Å²) < 4.78 is 11.3. The van der Waals surface area contributed by atoms with E-state index in [0.717, 1.165) is 63.6 Å². The van der Waals surface area contributed by atoms with Crippen molar-refractivity contribution in [2.24, 2.45) is 10.9 Å². The van der Waals surface area contributed by atoms with E-state index in [1.165, 1.54) is 18.4 Å². The molecule has 2 N–H and O–H groups in total. The standard InChI is InChI=1S/C19H30N4O2.HI/c1-20-19(21-8-9-23-10-12-24-13-11-23)22-14-17-4-2-3-5-18(17)25-15-16-6-7-16;/h2-5,16H,6-15H2,1H3,(H2,20,21,22);1H. The molecule has 7 heteroatoms. The third kappa shape index (κ3) is 7.28. The lowest BCUT2D eigenvalue weighted by atomic mass is 10.2. The first-order valence-corrected chi connectivity index (χ1v) is 9.30. The van der Waals surface area contributed by atoms with Crippen LogP contribution in [-0.2, 0) is 11.3 Å². The van der Waals surface area contributed by atoms with E-state index in [9.17, 15) is 0 Å². The van der Waals surface area contributed by atoms with Crippen molar-refractivity contribution in [3.63, 3.8) is 0 Å². The van der Waals surface area contributed by atoms with E-state index < -0.39 is 0 Å². The van der Waals surface area contributed by atoms with Crippen molar-refractivity contribution in [1.29, 1.82) is 0 Å². The Morgan fingerprint density at radius 3 is 2.73 bits per heavy atom. The van der Waals surface area contributed by atoms with Crippen LogP contribution >= 0.6 is 24.0 Å². The first-order valence-electron chi connectivity index (χ1n) is 9.30. The summed E-state index contributed by atoms with van der Waals surface area (Å²) in [6.45, 7) is 7.13. The highest BCUT2D eigenvalue weighted by molar-refractivity contribution is 14.0. The number of nitrogens with zero attached hydrogens (tertiary/aromatic N) is 2. The molecule has 1 saturated heterocycles. The molecule has 1 aromatic rings. The number of ether oxygens (including phenoxy) is 2. The monoisotopic (exact) mass is 474 g/mol. The van der Waals surface area contributed by atoms with E-state index in [1.54, 1.807) is 7.05 Å². The number of hydrogen-bond donors (Lipinski definition) is 2. The van der Waals surface area contributed by atoms with E-state index in [-0.39, 0.29) is 24.0 Å². The van der Waals surface area contributed by atoms with Gasteiger partial charge in [0.2, 0.25) is 0 Å². The summed E-state index contributed by atoms with van der Waals surface area (Å²) in [5.41, 5.74) is 1.17. The fourth-order valence-electron chi connectivity index (χ4n) is 2.84. The maximum atomic E-state index is 5.97. The van der Waals surface area contributed by atoms with Gasteiger partial charge in [0.05, 0.1) is 19.8 Å². The molecule has 3 rings (SSSR count). The molecule has 0 radical (unpaired) electrons. The van der Waals surface area contributed by atoms with Crippen LogP contribution < -0.4 is 15.4 Å². The highest BCUT2D eigenvalue weighted by Gasteiger charge is 2.22. The molecule has 1 heterocycles. The van der Waals surface area contributed by atoms with Gasteiger partial charge in [-0.05, 0) is 24.8 Å². The Morgan fingerprint density at radius 2 is 2.00 bits per heavy atom. The molecule has 26 heavy (non-hydrogen) atoms. The van der Waals surface area contributed by atoms with Crippen molar-refractivity contribution in [1.82, 2.24) is 15.5 Å². The topological polar surface area (TPSA) is 58.1 Å². The normalized spacial score (nSPS) is 18.1. The van der Waals surface area contributed by atoms with Gasteiger partial charge in [0.15, 0.2) is 5.96 Å². The smallest absolute Gasteiger partial charge is 0.191 e. The number of guanidine groups is 1. The minimum Gasteiger partial charge on any atom is -0.493 e. The van der Waals surface area contributed by atoms with Crippen LogP contribution in [0.2, 0.25) is 0 Å². The van der Waals surface area contributed by atoms with Crippen LogP contribution in [0, 0.1) is 5.92 Å². The molecule has 0 spiro atoms. The fourth-order valence-corrected chi connectivity index (χ4v) is 2.84. The fraction of sp³-hybridized carbons (Fsp3) is 0.632. The molecule has 0 amide bonds. The zero-order valence-corrected chi connectivity index (χ0v) is 17.9. The summed E-state index contributed by atoms with van der Waals surface area (Å²) in [6.07, 6.45) is 2.61. The maximum Gasteiger partial charge on any atom is 0.191 e. The summed E-state index contributed by atoms with van der Waals surface area (Å²) in [5, 5.41) is 6.77. The van der Waals surface area contributed by atoms with E-state index in [0.29, 0.717) is 6.54 Å². The average molecular weight is 474 g/mol. The van der Waals surface area contributed by atoms with E-state index in [4.69, 9.17) is 9.47 Å². The molecule has 1 aromatic carbocycles. The second-order valence-corrected chi connectivity index (χ2v) is 6.67. The van der Waals surface area contributed by atoms with Crippen molar-refractivity contribution >= 4 is 29.9 Å². The molecule has 2 fully saturated rings. The number of benzene rings is 1. The Morgan fingerprint density at radius 1 is 1.23 bits per heavy atom. The Hall–Kier alpha value is -1.06. The van der Waals surface area contributed by atoms with E-state index in [2.05, 4.69) is 32.7 Å². The summed E-state index contributed by atoms with van der Waals surface area (Å²) in [6, 6.07) is 8.24. The second kappa shape index (κ2) is 11.6. The lowest BCUT2D eigenvalue weighted by Crippen LogP contribution is -2.44. The van der Waals surface area contributed by atoms with Gasteiger partial charge in [-0.3, -0.25) is 9.89 Å². The molecular formula is C19H31IN4O2. The third-order valence-corrected chi connectivity index (χ3v) is 4.64. The zero-order valence-electron chi connectivity index (χ0n) is 15.6. The van der Waals surface area contributed by atoms with Gasteiger partial charge >= 0.3 is 0 Å². The number of para-hydroxylation sites is 1. The van der Waals surface area contributed by atoms with Crippen LogP contribution in [0.25, 0.3) is 0 Å². The number of hydrogen-bond acceptors (Lipinski definition) is 4.